The molecule has 2 atom stereocenters. The van der Waals surface area contributed by atoms with Gasteiger partial charge in [-0.15, -0.1) is 0 Å². The summed E-state index contributed by atoms with van der Waals surface area (Å²) >= 11 is 0. The van der Waals surface area contributed by atoms with Crippen LogP contribution >= 0.6 is 0 Å². The van der Waals surface area contributed by atoms with Crippen LogP contribution in [0.1, 0.15) is 20.3 Å². The number of amides is 2. The fraction of sp³-hybridized carbons (Fsp3) is 0.800. The average molecular weight is 230 g/mol. The summed E-state index contributed by atoms with van der Waals surface area (Å²) in [7, 11) is 0. The molecule has 0 bridgehead atoms. The first kappa shape index (κ1) is 12.8. The number of carbonyl (C=O) groups is 2. The van der Waals surface area contributed by atoms with Gasteiger partial charge in [0.15, 0.2) is 6.04 Å². The Morgan fingerprint density at radius 3 is 2.88 bits per heavy atom. The Morgan fingerprint density at radius 1 is 1.62 bits per heavy atom. The molecule has 92 valence electrons. The molecule has 6 nitrogen and oxygen atoms in total. The third kappa shape index (κ3) is 3.10. The number of hydrogen-bond acceptors (Lipinski definition) is 3. The maximum atomic E-state index is 11.8. The molecule has 16 heavy (non-hydrogen) atoms. The van der Waals surface area contributed by atoms with Crippen molar-refractivity contribution in [2.45, 2.75) is 32.4 Å². The molecule has 2 amide bonds. The van der Waals surface area contributed by atoms with Crippen LogP contribution in [0.15, 0.2) is 0 Å². The maximum absolute atomic E-state index is 11.8. The molecule has 0 aromatic heterocycles. The van der Waals surface area contributed by atoms with Crippen molar-refractivity contribution in [3.8, 4) is 0 Å². The van der Waals surface area contributed by atoms with Crippen molar-refractivity contribution >= 4 is 12.0 Å². The monoisotopic (exact) mass is 230 g/mol. The number of rotatable bonds is 3. The van der Waals surface area contributed by atoms with Gasteiger partial charge < -0.3 is 20.1 Å². The smallest absolute Gasteiger partial charge is 0.328 e. The molecule has 1 saturated heterocycles. The van der Waals surface area contributed by atoms with Gasteiger partial charge in [0, 0.05) is 12.6 Å². The van der Waals surface area contributed by atoms with E-state index >= 15 is 0 Å². The highest BCUT2D eigenvalue weighted by atomic mass is 16.5. The summed E-state index contributed by atoms with van der Waals surface area (Å²) in [5.41, 5.74) is 0. The van der Waals surface area contributed by atoms with Crippen molar-refractivity contribution in [1.82, 2.24) is 10.2 Å². The summed E-state index contributed by atoms with van der Waals surface area (Å²) in [4.78, 5) is 24.0. The quantitative estimate of drug-likeness (QED) is 0.730. The third-order valence-electron chi connectivity index (χ3n) is 2.66. The van der Waals surface area contributed by atoms with E-state index < -0.39 is 12.0 Å². The Kier molecular flexibility index (Phi) is 4.54. The normalized spacial score (nSPS) is 22.6. The van der Waals surface area contributed by atoms with Crippen molar-refractivity contribution < 1.29 is 19.4 Å². The van der Waals surface area contributed by atoms with Gasteiger partial charge in [0.05, 0.1) is 13.2 Å². The Balaban J connectivity index is 2.60. The third-order valence-corrected chi connectivity index (χ3v) is 2.66. The van der Waals surface area contributed by atoms with Crippen molar-refractivity contribution in [2.75, 3.05) is 19.8 Å². The lowest BCUT2D eigenvalue weighted by molar-refractivity contribution is -0.147. The van der Waals surface area contributed by atoms with E-state index in [2.05, 4.69) is 5.32 Å². The van der Waals surface area contributed by atoms with Gasteiger partial charge in [0.2, 0.25) is 0 Å². The van der Waals surface area contributed by atoms with E-state index in [1.165, 1.54) is 4.90 Å². The first-order chi connectivity index (χ1) is 7.56. The summed E-state index contributed by atoms with van der Waals surface area (Å²) in [6.07, 6.45) is 0.813. The zero-order valence-corrected chi connectivity index (χ0v) is 9.60. The van der Waals surface area contributed by atoms with Crippen LogP contribution in [-0.2, 0) is 9.53 Å². The lowest BCUT2D eigenvalue weighted by Crippen LogP contribution is -2.56. The van der Waals surface area contributed by atoms with Crippen LogP contribution in [0.2, 0.25) is 0 Å². The minimum absolute atomic E-state index is 0.0461. The molecule has 1 rings (SSSR count). The minimum atomic E-state index is -1.03. The van der Waals surface area contributed by atoms with Crippen molar-refractivity contribution in [2.24, 2.45) is 0 Å². The van der Waals surface area contributed by atoms with Gasteiger partial charge in [-0.2, -0.15) is 0 Å². The molecule has 0 aliphatic carbocycles. The Bertz CT molecular complexity index is 270. The fourth-order valence-corrected chi connectivity index (χ4v) is 1.45. The average Bonchev–Trinajstić information content (AvgIpc) is 2.28. The molecule has 1 heterocycles. The van der Waals surface area contributed by atoms with Crippen LogP contribution in [0.3, 0.4) is 0 Å². The number of ether oxygens (including phenoxy) is 1. The molecule has 0 spiro atoms. The molecule has 1 aliphatic heterocycles. The van der Waals surface area contributed by atoms with E-state index in [-0.39, 0.29) is 18.7 Å². The van der Waals surface area contributed by atoms with Crippen LogP contribution in [-0.4, -0.2) is 53.8 Å². The number of nitrogens with zero attached hydrogens (tertiary/aromatic N) is 1. The Labute approximate surface area is 94.6 Å². The number of aliphatic carboxylic acids is 1. The van der Waals surface area contributed by atoms with Crippen LogP contribution in [0.5, 0.6) is 0 Å². The second kappa shape index (κ2) is 5.69. The zero-order valence-electron chi connectivity index (χ0n) is 9.60. The molecule has 0 radical (unpaired) electrons. The van der Waals surface area contributed by atoms with E-state index in [0.717, 1.165) is 6.42 Å². The van der Waals surface area contributed by atoms with Gasteiger partial charge in [-0.1, -0.05) is 6.92 Å². The molecule has 1 fully saturated rings. The van der Waals surface area contributed by atoms with Crippen LogP contribution in [0.25, 0.3) is 0 Å². The highest BCUT2D eigenvalue weighted by molar-refractivity contribution is 5.83. The van der Waals surface area contributed by atoms with E-state index in [1.54, 1.807) is 0 Å². The number of morpholine rings is 1. The first-order valence-corrected chi connectivity index (χ1v) is 5.44. The van der Waals surface area contributed by atoms with E-state index in [0.29, 0.717) is 13.2 Å². The van der Waals surface area contributed by atoms with E-state index in [9.17, 15) is 9.59 Å². The van der Waals surface area contributed by atoms with Crippen LogP contribution in [0, 0.1) is 0 Å². The zero-order chi connectivity index (χ0) is 12.1. The summed E-state index contributed by atoms with van der Waals surface area (Å²) in [5, 5.41) is 11.7. The number of hydrogen-bond donors (Lipinski definition) is 2. The summed E-state index contributed by atoms with van der Waals surface area (Å²) in [5.74, 6) is -1.03. The van der Waals surface area contributed by atoms with Crippen molar-refractivity contribution in [3.05, 3.63) is 0 Å². The van der Waals surface area contributed by atoms with Gasteiger partial charge in [-0.05, 0) is 13.3 Å². The standard InChI is InChI=1S/C10H18N2O4/c1-3-7(2)11-10(15)12-4-5-16-6-8(12)9(13)14/h7-8H,3-6H2,1-2H3,(H,11,15)(H,13,14). The number of urea groups is 1. The molecular formula is C10H18N2O4. The largest absolute Gasteiger partial charge is 0.480 e. The number of carbonyl (C=O) groups excluding carboxylic acids is 1. The van der Waals surface area contributed by atoms with Crippen LogP contribution in [0.4, 0.5) is 4.79 Å². The number of nitrogens with one attached hydrogen (secondary N) is 1. The van der Waals surface area contributed by atoms with E-state index in [1.807, 2.05) is 13.8 Å². The lowest BCUT2D eigenvalue weighted by Gasteiger charge is -2.33. The molecule has 2 unspecified atom stereocenters. The molecule has 0 saturated carbocycles. The topological polar surface area (TPSA) is 78.9 Å². The first-order valence-electron chi connectivity index (χ1n) is 5.44. The van der Waals surface area contributed by atoms with Crippen molar-refractivity contribution in [3.63, 3.8) is 0 Å². The molecule has 0 aromatic carbocycles. The molecule has 0 aromatic rings. The number of carboxylic acids is 1. The summed E-state index contributed by atoms with van der Waals surface area (Å²) in [6, 6.07) is -1.16. The Hall–Kier alpha value is -1.30. The summed E-state index contributed by atoms with van der Waals surface area (Å²) < 4.78 is 5.05. The Morgan fingerprint density at radius 2 is 2.31 bits per heavy atom. The van der Waals surface area contributed by atoms with Gasteiger partial charge in [-0.3, -0.25) is 0 Å². The maximum Gasteiger partial charge on any atom is 0.328 e. The number of carboxylic acid groups (broad SMARTS) is 1. The second-order valence-corrected chi connectivity index (χ2v) is 3.88. The van der Waals surface area contributed by atoms with Crippen molar-refractivity contribution in [1.29, 1.82) is 0 Å². The molecule has 2 N–H and O–H groups in total. The van der Waals surface area contributed by atoms with Gasteiger partial charge in [0.25, 0.3) is 0 Å². The van der Waals surface area contributed by atoms with Gasteiger partial charge >= 0.3 is 12.0 Å². The second-order valence-electron chi connectivity index (χ2n) is 3.88. The highest BCUT2D eigenvalue weighted by Gasteiger charge is 2.32. The molecule has 6 heteroatoms. The highest BCUT2D eigenvalue weighted by Crippen LogP contribution is 2.08. The lowest BCUT2D eigenvalue weighted by atomic mass is 10.2. The predicted molar refractivity (Wildman–Crippen MR) is 57.2 cm³/mol. The van der Waals surface area contributed by atoms with Gasteiger partial charge in [-0.25, -0.2) is 9.59 Å². The minimum Gasteiger partial charge on any atom is -0.480 e. The summed E-state index contributed by atoms with van der Waals surface area (Å²) in [6.45, 7) is 4.60. The molecular weight excluding hydrogens is 212 g/mol. The fourth-order valence-electron chi connectivity index (χ4n) is 1.45. The van der Waals surface area contributed by atoms with E-state index in [4.69, 9.17) is 9.84 Å². The van der Waals surface area contributed by atoms with Gasteiger partial charge in [0.1, 0.15) is 0 Å². The predicted octanol–water partition coefficient (Wildman–Crippen LogP) is 0.280. The van der Waals surface area contributed by atoms with Crippen LogP contribution < -0.4 is 5.32 Å². The SMILES string of the molecule is CCC(C)NC(=O)N1CCOCC1C(=O)O. The molecule has 1 aliphatic rings.